The van der Waals surface area contributed by atoms with Crippen LogP contribution in [0.15, 0.2) is 0 Å². The first kappa shape index (κ1) is 25.2. The fraction of sp³-hybridized carbons (Fsp3) is 1.00. The second kappa shape index (κ2) is 10.5. The molecular formula is C11H34O3Si2. The Labute approximate surface area is 106 Å². The lowest BCUT2D eigenvalue weighted by Crippen LogP contribution is -2.48. The Morgan fingerprint density at radius 2 is 0.938 bits per heavy atom. The van der Waals surface area contributed by atoms with Crippen molar-refractivity contribution in [3.63, 3.8) is 0 Å². The predicted octanol–water partition coefficient (Wildman–Crippen LogP) is 4.39. The molecule has 0 N–H and O–H groups in total. The molecule has 0 fully saturated rings. The molecule has 0 saturated heterocycles. The van der Waals surface area contributed by atoms with Crippen molar-refractivity contribution in [3.05, 3.63) is 0 Å². The van der Waals surface area contributed by atoms with Crippen molar-refractivity contribution in [2.24, 2.45) is 0 Å². The lowest BCUT2D eigenvalue weighted by molar-refractivity contribution is 0.208. The van der Waals surface area contributed by atoms with Crippen LogP contribution in [0, 0.1) is 0 Å². The Kier molecular flexibility index (Phi) is 16.5. The molecule has 0 unspecified atom stereocenters. The zero-order valence-electron chi connectivity index (χ0n) is 9.64. The first-order chi connectivity index (χ1) is 5.83. The Hall–Kier alpha value is 0.314. The molecule has 0 aromatic rings. The first-order valence-corrected chi connectivity index (χ1v) is 10.4. The molecule has 3 nitrogen and oxygen atoms in total. The average molecular weight is 271 g/mol. The third kappa shape index (κ3) is 12.4. The molecule has 104 valence electrons. The summed E-state index contributed by atoms with van der Waals surface area (Å²) in [6.07, 6.45) is 0. The minimum atomic E-state index is -1.94. The predicted molar refractivity (Wildman–Crippen MR) is 79.5 cm³/mol. The van der Waals surface area contributed by atoms with Gasteiger partial charge in [0.1, 0.15) is 0 Å². The van der Waals surface area contributed by atoms with Crippen LogP contribution in [0.1, 0.15) is 36.1 Å². The van der Waals surface area contributed by atoms with E-state index in [1.165, 1.54) is 0 Å². The van der Waals surface area contributed by atoms with Gasteiger partial charge < -0.3 is 13.0 Å². The molecule has 0 heterocycles. The van der Waals surface area contributed by atoms with Crippen LogP contribution in [-0.2, 0) is 13.0 Å². The highest BCUT2D eigenvalue weighted by molar-refractivity contribution is 6.78. The summed E-state index contributed by atoms with van der Waals surface area (Å²) in [4.78, 5) is 0. The molecule has 0 rings (SSSR count). The van der Waals surface area contributed by atoms with E-state index in [0.29, 0.717) is 0 Å². The molecular weight excluding hydrogens is 236 g/mol. The smallest absolute Gasteiger partial charge is 0.322 e. The summed E-state index contributed by atoms with van der Waals surface area (Å²) in [6, 6.07) is 0. The maximum atomic E-state index is 5.94. The van der Waals surface area contributed by atoms with Gasteiger partial charge in [-0.05, 0) is 40.0 Å². The van der Waals surface area contributed by atoms with Gasteiger partial charge in [0.25, 0.3) is 0 Å². The van der Waals surface area contributed by atoms with Crippen LogP contribution in [0.5, 0.6) is 0 Å². The largest absolute Gasteiger partial charge is 0.415 e. The Morgan fingerprint density at radius 3 is 1.12 bits per heavy atom. The van der Waals surface area contributed by atoms with Crippen molar-refractivity contribution >= 4 is 17.1 Å². The summed E-state index contributed by atoms with van der Waals surface area (Å²) >= 11 is 0. The van der Waals surface area contributed by atoms with E-state index in [1.807, 2.05) is 13.8 Å². The van der Waals surface area contributed by atoms with Crippen molar-refractivity contribution < 1.29 is 13.0 Å². The quantitative estimate of drug-likeness (QED) is 0.670. The monoisotopic (exact) mass is 270 g/mol. The minimum absolute atomic E-state index is 0. The standard InChI is InChI=1S/C8H22O3Si2.3CH4/c1-7-9-12(3,4)11-13(5,6)10-8-2;;;/h7-8H2,1-6H3;3*1H4. The van der Waals surface area contributed by atoms with Gasteiger partial charge in [0.2, 0.25) is 0 Å². The second-order valence-corrected chi connectivity index (χ2v) is 10.8. The Balaban J connectivity index is -0.000000240. The molecule has 0 amide bonds. The fourth-order valence-corrected chi connectivity index (χ4v) is 7.94. The lowest BCUT2D eigenvalue weighted by Gasteiger charge is -2.31. The van der Waals surface area contributed by atoms with E-state index in [2.05, 4.69) is 26.2 Å². The second-order valence-electron chi connectivity index (χ2n) is 3.77. The third-order valence-corrected chi connectivity index (χ3v) is 7.38. The molecule has 0 spiro atoms. The highest BCUT2D eigenvalue weighted by Gasteiger charge is 2.35. The molecule has 5 heteroatoms. The molecule has 0 aliphatic carbocycles. The maximum Gasteiger partial charge on any atom is 0.322 e. The van der Waals surface area contributed by atoms with E-state index in [-0.39, 0.29) is 22.3 Å². The van der Waals surface area contributed by atoms with Crippen molar-refractivity contribution in [2.45, 2.75) is 62.3 Å². The topological polar surface area (TPSA) is 27.7 Å². The lowest BCUT2D eigenvalue weighted by atomic mass is 10.9. The summed E-state index contributed by atoms with van der Waals surface area (Å²) in [5, 5.41) is 0. The van der Waals surface area contributed by atoms with Crippen LogP contribution >= 0.6 is 0 Å². The molecule has 0 atom stereocenters. The summed E-state index contributed by atoms with van der Waals surface area (Å²) in [6.45, 7) is 13.7. The summed E-state index contributed by atoms with van der Waals surface area (Å²) < 4.78 is 17.1. The molecule has 0 aliphatic rings. The minimum Gasteiger partial charge on any atom is -0.415 e. The van der Waals surface area contributed by atoms with Crippen LogP contribution in [0.4, 0.5) is 0 Å². The molecule has 0 bridgehead atoms. The SMILES string of the molecule is C.C.C.CCO[Si](C)(C)O[Si](C)(C)OCC. The van der Waals surface area contributed by atoms with Crippen LogP contribution in [0.3, 0.4) is 0 Å². The summed E-state index contributed by atoms with van der Waals surface area (Å²) in [7, 11) is -3.88. The van der Waals surface area contributed by atoms with E-state index in [4.69, 9.17) is 13.0 Å². The first-order valence-electron chi connectivity index (χ1n) is 4.81. The fourth-order valence-electron chi connectivity index (χ4n) is 1.35. The normalized spacial score (nSPS) is 10.9. The zero-order valence-corrected chi connectivity index (χ0v) is 11.6. The molecule has 0 radical (unpaired) electrons. The molecule has 0 saturated carbocycles. The van der Waals surface area contributed by atoms with E-state index in [9.17, 15) is 0 Å². The number of rotatable bonds is 6. The Bertz CT molecular complexity index is 134. The van der Waals surface area contributed by atoms with Gasteiger partial charge in [-0.25, -0.2) is 0 Å². The van der Waals surface area contributed by atoms with Gasteiger partial charge in [0, 0.05) is 13.2 Å². The molecule has 0 aliphatic heterocycles. The van der Waals surface area contributed by atoms with Gasteiger partial charge in [0.15, 0.2) is 0 Å². The van der Waals surface area contributed by atoms with E-state index < -0.39 is 17.1 Å². The highest BCUT2D eigenvalue weighted by atomic mass is 28.5. The van der Waals surface area contributed by atoms with E-state index >= 15 is 0 Å². The van der Waals surface area contributed by atoms with Crippen LogP contribution in [0.2, 0.25) is 26.2 Å². The van der Waals surface area contributed by atoms with Crippen LogP contribution in [-0.4, -0.2) is 30.3 Å². The summed E-state index contributed by atoms with van der Waals surface area (Å²) in [5.74, 6) is 0. The van der Waals surface area contributed by atoms with Gasteiger partial charge in [-0.1, -0.05) is 22.3 Å². The number of hydrogen-bond acceptors (Lipinski definition) is 3. The van der Waals surface area contributed by atoms with Crippen molar-refractivity contribution in [1.82, 2.24) is 0 Å². The van der Waals surface area contributed by atoms with Crippen molar-refractivity contribution in [3.8, 4) is 0 Å². The van der Waals surface area contributed by atoms with Gasteiger partial charge >= 0.3 is 17.1 Å². The van der Waals surface area contributed by atoms with Gasteiger partial charge in [-0.2, -0.15) is 0 Å². The number of hydrogen-bond donors (Lipinski definition) is 0. The van der Waals surface area contributed by atoms with E-state index in [1.54, 1.807) is 0 Å². The van der Waals surface area contributed by atoms with Crippen molar-refractivity contribution in [2.75, 3.05) is 13.2 Å². The highest BCUT2D eigenvalue weighted by Crippen LogP contribution is 2.16. The molecule has 0 aromatic carbocycles. The van der Waals surface area contributed by atoms with Crippen LogP contribution < -0.4 is 0 Å². The maximum absolute atomic E-state index is 5.94. The van der Waals surface area contributed by atoms with E-state index in [0.717, 1.165) is 13.2 Å². The molecule has 0 aromatic heterocycles. The third-order valence-electron chi connectivity index (χ3n) is 1.48. The van der Waals surface area contributed by atoms with Gasteiger partial charge in [0.05, 0.1) is 0 Å². The van der Waals surface area contributed by atoms with Crippen molar-refractivity contribution in [1.29, 1.82) is 0 Å². The van der Waals surface area contributed by atoms with Gasteiger partial charge in [-0.3, -0.25) is 0 Å². The summed E-state index contributed by atoms with van der Waals surface area (Å²) in [5.41, 5.74) is 0. The zero-order chi connectivity index (χ0) is 10.5. The molecule has 16 heavy (non-hydrogen) atoms. The average Bonchev–Trinajstić information content (AvgIpc) is 1.82. The van der Waals surface area contributed by atoms with Gasteiger partial charge in [-0.15, -0.1) is 0 Å². The van der Waals surface area contributed by atoms with Crippen LogP contribution in [0.25, 0.3) is 0 Å². The Morgan fingerprint density at radius 1 is 0.688 bits per heavy atom.